The van der Waals surface area contributed by atoms with Gasteiger partial charge in [-0.05, 0) is 34.1 Å². The van der Waals surface area contributed by atoms with Crippen molar-refractivity contribution in [1.29, 1.82) is 0 Å². The van der Waals surface area contributed by atoms with Crippen LogP contribution < -0.4 is 10.2 Å². The molecule has 1 aromatic carbocycles. The zero-order chi connectivity index (χ0) is 15.5. The van der Waals surface area contributed by atoms with E-state index in [0.717, 1.165) is 0 Å². The second-order valence-corrected chi connectivity index (χ2v) is 5.74. The molecule has 2 amide bonds. The number of hydrogen-bond donors (Lipinski definition) is 1. The first-order valence-electron chi connectivity index (χ1n) is 6.94. The van der Waals surface area contributed by atoms with Gasteiger partial charge in [0, 0.05) is 32.2 Å². The highest BCUT2D eigenvalue weighted by atomic mass is 79.9. The van der Waals surface area contributed by atoms with Crippen molar-refractivity contribution in [2.75, 3.05) is 36.4 Å². The lowest BCUT2D eigenvalue weighted by molar-refractivity contribution is 0.207. The number of benzene rings is 1. The molecule has 2 aromatic rings. The van der Waals surface area contributed by atoms with Gasteiger partial charge in [0.15, 0.2) is 4.67 Å². The Morgan fingerprint density at radius 2 is 1.86 bits per heavy atom. The molecule has 1 aromatic heterocycles. The molecule has 0 spiro atoms. The van der Waals surface area contributed by atoms with E-state index in [2.05, 4.69) is 21.2 Å². The van der Waals surface area contributed by atoms with Crippen molar-refractivity contribution in [2.45, 2.75) is 0 Å². The van der Waals surface area contributed by atoms with Crippen LogP contribution in [-0.4, -0.2) is 37.1 Å². The molecule has 22 heavy (non-hydrogen) atoms. The van der Waals surface area contributed by atoms with E-state index in [0.29, 0.717) is 42.4 Å². The molecule has 1 aliphatic heterocycles. The third kappa shape index (κ3) is 3.24. The Bertz CT molecular complexity index is 668. The highest BCUT2D eigenvalue weighted by molar-refractivity contribution is 9.10. The second-order valence-electron chi connectivity index (χ2n) is 4.96. The third-order valence-electron chi connectivity index (χ3n) is 3.56. The fourth-order valence-electron chi connectivity index (χ4n) is 2.42. The summed E-state index contributed by atoms with van der Waals surface area (Å²) in [6, 6.07) is 9.86. The first kappa shape index (κ1) is 14.9. The fraction of sp³-hybridized carbons (Fsp3) is 0.267. The number of amides is 2. The minimum Gasteiger partial charge on any atom is -0.434 e. The van der Waals surface area contributed by atoms with Crippen LogP contribution in [0, 0.1) is 5.82 Å². The summed E-state index contributed by atoms with van der Waals surface area (Å²) in [7, 11) is 0. The molecule has 1 saturated heterocycles. The number of halogens is 2. The standard InChI is InChI=1S/C15H15BrFN3O2/c16-13-5-6-14(22-13)18-15(21)20-9-7-19(8-10-20)12-4-2-1-3-11(12)17/h1-6H,7-10H2,(H,18,21). The summed E-state index contributed by atoms with van der Waals surface area (Å²) in [4.78, 5) is 15.8. The molecule has 0 bridgehead atoms. The Morgan fingerprint density at radius 3 is 2.50 bits per heavy atom. The predicted molar refractivity (Wildman–Crippen MR) is 85.6 cm³/mol. The molecule has 5 nitrogen and oxygen atoms in total. The summed E-state index contributed by atoms with van der Waals surface area (Å²) >= 11 is 3.18. The van der Waals surface area contributed by atoms with Crippen molar-refractivity contribution in [3.8, 4) is 0 Å². The largest absolute Gasteiger partial charge is 0.434 e. The van der Waals surface area contributed by atoms with E-state index < -0.39 is 0 Å². The summed E-state index contributed by atoms with van der Waals surface area (Å²) in [5.41, 5.74) is 0.581. The number of carbonyl (C=O) groups is 1. The number of anilines is 2. The number of nitrogens with zero attached hydrogens (tertiary/aromatic N) is 2. The van der Waals surface area contributed by atoms with Gasteiger partial charge in [-0.25, -0.2) is 9.18 Å². The summed E-state index contributed by atoms with van der Waals surface area (Å²) in [6.45, 7) is 2.25. The monoisotopic (exact) mass is 367 g/mol. The Hall–Kier alpha value is -2.02. The molecule has 0 unspecified atom stereocenters. The van der Waals surface area contributed by atoms with Crippen LogP contribution in [0.5, 0.6) is 0 Å². The van der Waals surface area contributed by atoms with Gasteiger partial charge in [0.1, 0.15) is 5.82 Å². The average molecular weight is 368 g/mol. The van der Waals surface area contributed by atoms with Gasteiger partial charge in [-0.1, -0.05) is 12.1 Å². The normalized spacial score (nSPS) is 15.0. The number of rotatable bonds is 2. The molecule has 0 aliphatic carbocycles. The van der Waals surface area contributed by atoms with Crippen LogP contribution in [0.25, 0.3) is 0 Å². The third-order valence-corrected chi connectivity index (χ3v) is 3.99. The van der Waals surface area contributed by atoms with Crippen molar-refractivity contribution >= 4 is 33.5 Å². The van der Waals surface area contributed by atoms with E-state index in [4.69, 9.17) is 4.42 Å². The van der Waals surface area contributed by atoms with E-state index in [1.165, 1.54) is 6.07 Å². The first-order chi connectivity index (χ1) is 10.6. The molecule has 0 radical (unpaired) electrons. The van der Waals surface area contributed by atoms with Crippen molar-refractivity contribution in [3.05, 3.63) is 46.9 Å². The van der Waals surface area contributed by atoms with Crippen LogP contribution in [0.1, 0.15) is 0 Å². The van der Waals surface area contributed by atoms with Gasteiger partial charge in [-0.15, -0.1) is 0 Å². The van der Waals surface area contributed by atoms with Crippen LogP contribution in [-0.2, 0) is 0 Å². The molecular weight excluding hydrogens is 353 g/mol. The molecule has 7 heteroatoms. The van der Waals surface area contributed by atoms with Gasteiger partial charge < -0.3 is 14.2 Å². The number of furan rings is 1. The topological polar surface area (TPSA) is 48.7 Å². The lowest BCUT2D eigenvalue weighted by Gasteiger charge is -2.35. The maximum atomic E-state index is 13.8. The molecule has 3 rings (SSSR count). The molecule has 2 heterocycles. The maximum Gasteiger partial charge on any atom is 0.324 e. The molecule has 0 atom stereocenters. The van der Waals surface area contributed by atoms with Gasteiger partial charge in [0.05, 0.1) is 5.69 Å². The van der Waals surface area contributed by atoms with Gasteiger partial charge in [-0.2, -0.15) is 0 Å². The number of carbonyl (C=O) groups excluding carboxylic acids is 1. The molecular formula is C15H15BrFN3O2. The molecule has 1 aliphatic rings. The van der Waals surface area contributed by atoms with E-state index in [-0.39, 0.29) is 11.8 Å². The molecule has 0 saturated carbocycles. The Kier molecular flexibility index (Phi) is 4.33. The first-order valence-corrected chi connectivity index (χ1v) is 7.73. The Balaban J connectivity index is 1.57. The van der Waals surface area contributed by atoms with E-state index in [9.17, 15) is 9.18 Å². The number of hydrogen-bond acceptors (Lipinski definition) is 3. The highest BCUT2D eigenvalue weighted by Crippen LogP contribution is 2.21. The Morgan fingerprint density at radius 1 is 1.14 bits per heavy atom. The maximum absolute atomic E-state index is 13.8. The van der Waals surface area contributed by atoms with Gasteiger partial charge in [0.25, 0.3) is 0 Å². The van der Waals surface area contributed by atoms with E-state index >= 15 is 0 Å². The lowest BCUT2D eigenvalue weighted by Crippen LogP contribution is -2.50. The highest BCUT2D eigenvalue weighted by Gasteiger charge is 2.23. The van der Waals surface area contributed by atoms with Crippen LogP contribution in [0.4, 0.5) is 20.8 Å². The van der Waals surface area contributed by atoms with E-state index in [1.54, 1.807) is 29.2 Å². The lowest BCUT2D eigenvalue weighted by atomic mass is 10.2. The molecule has 1 N–H and O–H groups in total. The number of piperazine rings is 1. The number of para-hydroxylation sites is 1. The zero-order valence-electron chi connectivity index (χ0n) is 11.8. The summed E-state index contributed by atoms with van der Waals surface area (Å²) in [5, 5.41) is 2.70. The van der Waals surface area contributed by atoms with Crippen LogP contribution >= 0.6 is 15.9 Å². The van der Waals surface area contributed by atoms with Crippen molar-refractivity contribution < 1.29 is 13.6 Å². The zero-order valence-corrected chi connectivity index (χ0v) is 13.3. The molecule has 116 valence electrons. The van der Waals surface area contributed by atoms with Crippen LogP contribution in [0.15, 0.2) is 45.5 Å². The van der Waals surface area contributed by atoms with Crippen LogP contribution in [0.3, 0.4) is 0 Å². The summed E-state index contributed by atoms with van der Waals surface area (Å²) in [6.07, 6.45) is 0. The van der Waals surface area contributed by atoms with Gasteiger partial charge >= 0.3 is 6.03 Å². The van der Waals surface area contributed by atoms with Gasteiger partial charge in [0.2, 0.25) is 5.88 Å². The number of urea groups is 1. The van der Waals surface area contributed by atoms with Crippen molar-refractivity contribution in [2.24, 2.45) is 0 Å². The molecule has 1 fully saturated rings. The summed E-state index contributed by atoms with van der Waals surface area (Å²) < 4.78 is 19.6. The van der Waals surface area contributed by atoms with Gasteiger partial charge in [-0.3, -0.25) is 5.32 Å². The van der Waals surface area contributed by atoms with Crippen molar-refractivity contribution in [3.63, 3.8) is 0 Å². The fourth-order valence-corrected chi connectivity index (χ4v) is 2.73. The Labute approximate surface area is 135 Å². The SMILES string of the molecule is O=C(Nc1ccc(Br)o1)N1CCN(c2ccccc2F)CC1. The van der Waals surface area contributed by atoms with Crippen LogP contribution in [0.2, 0.25) is 0 Å². The number of nitrogens with one attached hydrogen (secondary N) is 1. The average Bonchev–Trinajstić information content (AvgIpc) is 2.93. The smallest absolute Gasteiger partial charge is 0.324 e. The quantitative estimate of drug-likeness (QED) is 0.882. The minimum atomic E-state index is -0.235. The van der Waals surface area contributed by atoms with E-state index in [1.807, 2.05) is 11.0 Å². The second kappa shape index (κ2) is 6.39. The summed E-state index contributed by atoms with van der Waals surface area (Å²) in [5.74, 6) is 0.161. The van der Waals surface area contributed by atoms with Crippen molar-refractivity contribution in [1.82, 2.24) is 4.90 Å². The minimum absolute atomic E-state index is 0.213. The predicted octanol–water partition coefficient (Wildman–Crippen LogP) is 3.54.